The first-order chi connectivity index (χ1) is 8.08. The fraction of sp³-hybridized carbons (Fsp3) is 0.462. The molecule has 1 rings (SSSR count). The van der Waals surface area contributed by atoms with Crippen molar-refractivity contribution in [3.05, 3.63) is 28.2 Å². The normalized spacial score (nSPS) is 12.0. The predicted molar refractivity (Wildman–Crippen MR) is 72.5 cm³/mol. The van der Waals surface area contributed by atoms with E-state index in [0.29, 0.717) is 11.3 Å². The summed E-state index contributed by atoms with van der Waals surface area (Å²) in [6.45, 7) is 4.11. The van der Waals surface area contributed by atoms with Crippen LogP contribution in [0.3, 0.4) is 0 Å². The molecule has 0 aliphatic rings. The zero-order valence-corrected chi connectivity index (χ0v) is 12.0. The van der Waals surface area contributed by atoms with E-state index < -0.39 is 0 Å². The van der Waals surface area contributed by atoms with Crippen molar-refractivity contribution < 1.29 is 9.53 Å². The molecule has 0 spiro atoms. The van der Waals surface area contributed by atoms with Crippen LogP contribution >= 0.6 is 15.9 Å². The molecule has 3 nitrogen and oxygen atoms in total. The molecular formula is C13H18BrNO2. The fourth-order valence-electron chi connectivity index (χ4n) is 1.61. The minimum absolute atomic E-state index is 0.0725. The SMILES string of the molecule is CCCC(C)NC(=O)c1cc(OC)ccc1Br. The Kier molecular flexibility index (Phi) is 5.48. The Bertz CT molecular complexity index is 393. The maximum atomic E-state index is 12.0. The lowest BCUT2D eigenvalue weighted by Gasteiger charge is -2.14. The molecule has 1 atom stereocenters. The smallest absolute Gasteiger partial charge is 0.252 e. The molecule has 0 saturated heterocycles. The van der Waals surface area contributed by atoms with E-state index in [1.54, 1.807) is 13.2 Å². The van der Waals surface area contributed by atoms with Gasteiger partial charge in [0, 0.05) is 10.5 Å². The Labute approximate surface area is 111 Å². The molecule has 0 heterocycles. The average Bonchev–Trinajstić information content (AvgIpc) is 2.29. The molecule has 1 N–H and O–H groups in total. The second-order valence-electron chi connectivity index (χ2n) is 4.01. The molecule has 0 fully saturated rings. The van der Waals surface area contributed by atoms with Crippen LogP contribution in [0, 0.1) is 0 Å². The number of methoxy groups -OCH3 is 1. The summed E-state index contributed by atoms with van der Waals surface area (Å²) >= 11 is 3.37. The first-order valence-corrected chi connectivity index (χ1v) is 6.52. The number of hydrogen-bond acceptors (Lipinski definition) is 2. The third kappa shape index (κ3) is 4.04. The lowest BCUT2D eigenvalue weighted by Crippen LogP contribution is -2.32. The summed E-state index contributed by atoms with van der Waals surface area (Å²) in [4.78, 5) is 12.0. The molecule has 17 heavy (non-hydrogen) atoms. The number of rotatable bonds is 5. The molecule has 0 radical (unpaired) electrons. The summed E-state index contributed by atoms with van der Waals surface area (Å²) in [5, 5.41) is 2.96. The van der Waals surface area contributed by atoms with E-state index in [1.165, 1.54) is 0 Å². The van der Waals surface area contributed by atoms with Gasteiger partial charge in [0.05, 0.1) is 12.7 Å². The third-order valence-electron chi connectivity index (χ3n) is 2.52. The molecule has 0 aliphatic carbocycles. The zero-order valence-electron chi connectivity index (χ0n) is 10.4. The number of halogens is 1. The van der Waals surface area contributed by atoms with Crippen LogP contribution in [0.1, 0.15) is 37.0 Å². The Hall–Kier alpha value is -1.03. The number of ether oxygens (including phenoxy) is 1. The highest BCUT2D eigenvalue weighted by Gasteiger charge is 2.13. The van der Waals surface area contributed by atoms with Gasteiger partial charge in [0.2, 0.25) is 0 Å². The first kappa shape index (κ1) is 14.0. The van der Waals surface area contributed by atoms with Crippen molar-refractivity contribution in [2.24, 2.45) is 0 Å². The van der Waals surface area contributed by atoms with Gasteiger partial charge >= 0.3 is 0 Å². The maximum Gasteiger partial charge on any atom is 0.252 e. The maximum absolute atomic E-state index is 12.0. The summed E-state index contributed by atoms with van der Waals surface area (Å²) < 4.78 is 5.89. The summed E-state index contributed by atoms with van der Waals surface area (Å²) in [5.74, 6) is 0.609. The molecule has 4 heteroatoms. The van der Waals surface area contributed by atoms with Crippen molar-refractivity contribution in [3.8, 4) is 5.75 Å². The molecule has 94 valence electrons. The van der Waals surface area contributed by atoms with Crippen molar-refractivity contribution >= 4 is 21.8 Å². The second kappa shape index (κ2) is 6.64. The number of hydrogen-bond donors (Lipinski definition) is 1. The van der Waals surface area contributed by atoms with Gasteiger partial charge in [0.1, 0.15) is 5.75 Å². The van der Waals surface area contributed by atoms with Crippen LogP contribution in [0.15, 0.2) is 22.7 Å². The van der Waals surface area contributed by atoms with Crippen LogP contribution in [0.4, 0.5) is 0 Å². The van der Waals surface area contributed by atoms with Crippen LogP contribution in [-0.2, 0) is 0 Å². The monoisotopic (exact) mass is 299 g/mol. The standard InChI is InChI=1S/C13H18BrNO2/c1-4-5-9(2)15-13(16)11-8-10(17-3)6-7-12(11)14/h6-9H,4-5H2,1-3H3,(H,15,16). The number of nitrogens with one attached hydrogen (secondary N) is 1. The van der Waals surface area contributed by atoms with Crippen LogP contribution in [-0.4, -0.2) is 19.1 Å². The van der Waals surface area contributed by atoms with Crippen molar-refractivity contribution in [1.29, 1.82) is 0 Å². The Morgan fingerprint density at radius 1 is 1.53 bits per heavy atom. The zero-order chi connectivity index (χ0) is 12.8. The predicted octanol–water partition coefficient (Wildman–Crippen LogP) is 3.38. The van der Waals surface area contributed by atoms with E-state index in [9.17, 15) is 4.79 Å². The van der Waals surface area contributed by atoms with Crippen molar-refractivity contribution in [2.45, 2.75) is 32.7 Å². The number of benzene rings is 1. The molecule has 1 amide bonds. The Morgan fingerprint density at radius 3 is 2.82 bits per heavy atom. The van der Waals surface area contributed by atoms with Crippen molar-refractivity contribution in [1.82, 2.24) is 5.32 Å². The van der Waals surface area contributed by atoms with E-state index >= 15 is 0 Å². The quantitative estimate of drug-likeness (QED) is 0.905. The van der Waals surface area contributed by atoms with Gasteiger partial charge in [-0.2, -0.15) is 0 Å². The minimum atomic E-state index is -0.0725. The number of carbonyl (C=O) groups excluding carboxylic acids is 1. The first-order valence-electron chi connectivity index (χ1n) is 5.72. The van der Waals surface area contributed by atoms with Crippen LogP contribution in [0.2, 0.25) is 0 Å². The molecule has 0 aliphatic heterocycles. The molecular weight excluding hydrogens is 282 g/mol. The van der Waals surface area contributed by atoms with Gasteiger partial charge < -0.3 is 10.1 Å². The van der Waals surface area contributed by atoms with Gasteiger partial charge in [0.25, 0.3) is 5.91 Å². The second-order valence-corrected chi connectivity index (χ2v) is 4.86. The molecule has 0 aromatic heterocycles. The highest BCUT2D eigenvalue weighted by atomic mass is 79.9. The van der Waals surface area contributed by atoms with Gasteiger partial charge in [-0.1, -0.05) is 13.3 Å². The van der Waals surface area contributed by atoms with Crippen LogP contribution < -0.4 is 10.1 Å². The van der Waals surface area contributed by atoms with E-state index in [-0.39, 0.29) is 11.9 Å². The minimum Gasteiger partial charge on any atom is -0.497 e. The molecule has 1 aromatic carbocycles. The van der Waals surface area contributed by atoms with Gasteiger partial charge in [0.15, 0.2) is 0 Å². The third-order valence-corrected chi connectivity index (χ3v) is 3.21. The van der Waals surface area contributed by atoms with Crippen LogP contribution in [0.25, 0.3) is 0 Å². The number of carbonyl (C=O) groups is 1. The summed E-state index contributed by atoms with van der Waals surface area (Å²) in [6.07, 6.45) is 2.04. The summed E-state index contributed by atoms with van der Waals surface area (Å²) in [6, 6.07) is 5.55. The lowest BCUT2D eigenvalue weighted by atomic mass is 10.1. The van der Waals surface area contributed by atoms with Crippen molar-refractivity contribution in [3.63, 3.8) is 0 Å². The fourth-order valence-corrected chi connectivity index (χ4v) is 2.04. The Balaban J connectivity index is 2.80. The largest absolute Gasteiger partial charge is 0.497 e. The molecule has 1 unspecified atom stereocenters. The number of amides is 1. The van der Waals surface area contributed by atoms with Crippen molar-refractivity contribution in [2.75, 3.05) is 7.11 Å². The highest BCUT2D eigenvalue weighted by molar-refractivity contribution is 9.10. The van der Waals surface area contributed by atoms with E-state index in [2.05, 4.69) is 28.2 Å². The average molecular weight is 300 g/mol. The van der Waals surface area contributed by atoms with Crippen LogP contribution in [0.5, 0.6) is 5.75 Å². The topological polar surface area (TPSA) is 38.3 Å². The summed E-state index contributed by atoms with van der Waals surface area (Å²) in [7, 11) is 1.59. The lowest BCUT2D eigenvalue weighted by molar-refractivity contribution is 0.0937. The van der Waals surface area contributed by atoms with E-state index in [0.717, 1.165) is 17.3 Å². The van der Waals surface area contributed by atoms with Gasteiger partial charge in [-0.15, -0.1) is 0 Å². The van der Waals surface area contributed by atoms with Gasteiger partial charge in [-0.05, 0) is 47.5 Å². The summed E-state index contributed by atoms with van der Waals surface area (Å²) in [5.41, 5.74) is 0.604. The molecule has 1 aromatic rings. The van der Waals surface area contributed by atoms with Gasteiger partial charge in [-0.25, -0.2) is 0 Å². The Morgan fingerprint density at radius 2 is 2.24 bits per heavy atom. The van der Waals surface area contributed by atoms with Gasteiger partial charge in [-0.3, -0.25) is 4.79 Å². The van der Waals surface area contributed by atoms with E-state index in [1.807, 2.05) is 19.1 Å². The molecule has 0 bridgehead atoms. The highest BCUT2D eigenvalue weighted by Crippen LogP contribution is 2.22. The van der Waals surface area contributed by atoms with E-state index in [4.69, 9.17) is 4.74 Å². The molecule has 0 saturated carbocycles.